The second-order valence-corrected chi connectivity index (χ2v) is 15.0. The van der Waals surface area contributed by atoms with Crippen molar-refractivity contribution in [2.45, 2.75) is 82.7 Å². The van der Waals surface area contributed by atoms with E-state index >= 15 is 0 Å². The van der Waals surface area contributed by atoms with Gasteiger partial charge in [0.05, 0.1) is 12.2 Å². The normalized spacial score (nSPS) is 33.2. The van der Waals surface area contributed by atoms with Gasteiger partial charge in [0, 0.05) is 24.5 Å². The Morgan fingerprint density at radius 3 is 2.51 bits per heavy atom. The predicted molar refractivity (Wildman–Crippen MR) is 144 cm³/mol. The number of nitrogens with zero attached hydrogens (tertiary/aromatic N) is 2. The standard InChI is InChI=1S/C29H39N3O6S/c1-27(2)20-8-10-29(27,23(15-20)32-25(35)16-22(26(32)36)30-24(34)17-33)18-39(37,38)31-13-11-28(12-14-31)9-7-19-5-3-4-6-21(19)28/h3-6,20,22-23,33H,7-18H2,1-2H3,(H,30,34). The molecule has 10 heteroatoms. The van der Waals surface area contributed by atoms with Crippen molar-refractivity contribution in [2.75, 3.05) is 25.4 Å². The van der Waals surface area contributed by atoms with Crippen molar-refractivity contribution >= 4 is 27.7 Å². The quantitative estimate of drug-likeness (QED) is 0.514. The summed E-state index contributed by atoms with van der Waals surface area (Å²) in [5, 5.41) is 11.5. The van der Waals surface area contributed by atoms with Crippen LogP contribution in [-0.2, 0) is 36.2 Å². The van der Waals surface area contributed by atoms with Gasteiger partial charge >= 0.3 is 0 Å². The third-order valence-electron chi connectivity index (χ3n) is 11.3. The van der Waals surface area contributed by atoms with Crippen molar-refractivity contribution in [3.05, 3.63) is 35.4 Å². The number of hydrogen-bond donors (Lipinski definition) is 2. The molecule has 4 atom stereocenters. The molecule has 0 aromatic heterocycles. The van der Waals surface area contributed by atoms with Crippen LogP contribution in [0.3, 0.4) is 0 Å². The van der Waals surface area contributed by atoms with Crippen LogP contribution in [0.1, 0.15) is 69.9 Å². The van der Waals surface area contributed by atoms with E-state index in [1.807, 2.05) is 0 Å². The summed E-state index contributed by atoms with van der Waals surface area (Å²) in [6.07, 6.45) is 5.66. The van der Waals surface area contributed by atoms with E-state index in [-0.39, 0.29) is 34.8 Å². The molecule has 2 aliphatic heterocycles. The van der Waals surface area contributed by atoms with E-state index in [0.717, 1.165) is 32.1 Å². The van der Waals surface area contributed by atoms with Crippen LogP contribution in [0.5, 0.6) is 0 Å². The number of amides is 3. The lowest BCUT2D eigenvalue weighted by molar-refractivity contribution is -0.146. The Bertz CT molecular complexity index is 1320. The van der Waals surface area contributed by atoms with Gasteiger partial charge < -0.3 is 10.4 Å². The predicted octanol–water partition coefficient (Wildman–Crippen LogP) is 1.73. The van der Waals surface area contributed by atoms with Crippen LogP contribution in [0.2, 0.25) is 0 Å². The third-order valence-corrected chi connectivity index (χ3v) is 13.4. The number of rotatable bonds is 6. The molecule has 4 unspecified atom stereocenters. The van der Waals surface area contributed by atoms with Gasteiger partial charge in [0.1, 0.15) is 12.6 Å². The number of aliphatic hydroxyl groups is 1. The molecule has 6 rings (SSSR count). The molecule has 2 saturated heterocycles. The van der Waals surface area contributed by atoms with E-state index in [0.29, 0.717) is 25.9 Å². The van der Waals surface area contributed by atoms with Crippen molar-refractivity contribution in [1.29, 1.82) is 0 Å². The summed E-state index contributed by atoms with van der Waals surface area (Å²) < 4.78 is 29.8. The Hall–Kier alpha value is -2.30. The van der Waals surface area contributed by atoms with Crippen molar-refractivity contribution in [3.63, 3.8) is 0 Å². The van der Waals surface area contributed by atoms with Crippen LogP contribution in [-0.4, -0.2) is 78.0 Å². The molecule has 1 aromatic rings. The number of carbonyl (C=O) groups is 3. The highest BCUT2D eigenvalue weighted by molar-refractivity contribution is 7.89. The molecule has 2 saturated carbocycles. The van der Waals surface area contributed by atoms with E-state index in [2.05, 4.69) is 43.4 Å². The van der Waals surface area contributed by atoms with Gasteiger partial charge in [0.15, 0.2) is 0 Å². The zero-order valence-electron chi connectivity index (χ0n) is 22.8. The molecule has 4 fully saturated rings. The largest absolute Gasteiger partial charge is 0.387 e. The van der Waals surface area contributed by atoms with Crippen molar-refractivity contribution in [2.24, 2.45) is 16.7 Å². The number of likely N-dealkylation sites (tertiary alicyclic amines) is 1. The highest BCUT2D eigenvalue weighted by Gasteiger charge is 2.69. The molecular weight excluding hydrogens is 518 g/mol. The van der Waals surface area contributed by atoms with Crippen molar-refractivity contribution < 1.29 is 27.9 Å². The van der Waals surface area contributed by atoms with Gasteiger partial charge in [-0.15, -0.1) is 0 Å². The van der Waals surface area contributed by atoms with Crippen LogP contribution >= 0.6 is 0 Å². The molecule has 3 aliphatic carbocycles. The molecule has 9 nitrogen and oxygen atoms in total. The smallest absolute Gasteiger partial charge is 0.252 e. The average Bonchev–Trinajstić information content (AvgIpc) is 3.54. The number of benzene rings is 1. The Morgan fingerprint density at radius 2 is 1.82 bits per heavy atom. The average molecular weight is 558 g/mol. The van der Waals surface area contributed by atoms with Gasteiger partial charge in [-0.2, -0.15) is 0 Å². The molecule has 0 radical (unpaired) electrons. The van der Waals surface area contributed by atoms with E-state index in [9.17, 15) is 22.8 Å². The monoisotopic (exact) mass is 557 g/mol. The van der Waals surface area contributed by atoms with Crippen LogP contribution < -0.4 is 5.32 Å². The maximum atomic E-state index is 14.1. The first-order valence-corrected chi connectivity index (χ1v) is 15.9. The highest BCUT2D eigenvalue weighted by atomic mass is 32.2. The lowest BCUT2D eigenvalue weighted by atomic mass is 9.68. The summed E-state index contributed by atoms with van der Waals surface area (Å²) in [5.41, 5.74) is 1.71. The van der Waals surface area contributed by atoms with E-state index in [1.54, 1.807) is 4.31 Å². The molecule has 2 heterocycles. The van der Waals surface area contributed by atoms with Crippen LogP contribution in [0, 0.1) is 16.7 Å². The first-order valence-electron chi connectivity index (χ1n) is 14.3. The Kier molecular flexibility index (Phi) is 6.28. The fraction of sp³-hybridized carbons (Fsp3) is 0.690. The summed E-state index contributed by atoms with van der Waals surface area (Å²) in [6.45, 7) is 4.39. The Labute approximate surface area is 230 Å². The molecule has 39 heavy (non-hydrogen) atoms. The minimum Gasteiger partial charge on any atom is -0.387 e. The number of fused-ring (bicyclic) bond motifs is 4. The zero-order valence-corrected chi connectivity index (χ0v) is 23.6. The minimum absolute atomic E-state index is 0.0525. The molecule has 3 amide bonds. The van der Waals surface area contributed by atoms with Gasteiger partial charge in [-0.25, -0.2) is 12.7 Å². The van der Waals surface area contributed by atoms with Crippen molar-refractivity contribution in [3.8, 4) is 0 Å². The number of aryl methyl sites for hydroxylation is 1. The zero-order chi connectivity index (χ0) is 27.8. The highest BCUT2D eigenvalue weighted by Crippen LogP contribution is 2.67. The van der Waals surface area contributed by atoms with Crippen LogP contribution in [0.15, 0.2) is 24.3 Å². The van der Waals surface area contributed by atoms with E-state index in [1.165, 1.54) is 16.0 Å². The van der Waals surface area contributed by atoms with E-state index in [4.69, 9.17) is 5.11 Å². The number of hydrogen-bond acceptors (Lipinski definition) is 6. The van der Waals surface area contributed by atoms with Crippen molar-refractivity contribution in [1.82, 2.24) is 14.5 Å². The van der Waals surface area contributed by atoms with Gasteiger partial charge in [-0.05, 0) is 72.8 Å². The van der Waals surface area contributed by atoms with E-state index < -0.39 is 45.9 Å². The van der Waals surface area contributed by atoms with Crippen LogP contribution in [0.4, 0.5) is 0 Å². The number of piperidine rings is 1. The van der Waals surface area contributed by atoms with Gasteiger partial charge in [-0.1, -0.05) is 38.1 Å². The number of imide groups is 1. The number of sulfonamides is 1. The topological polar surface area (TPSA) is 124 Å². The lowest BCUT2D eigenvalue weighted by Crippen LogP contribution is -2.57. The maximum absolute atomic E-state index is 14.1. The molecule has 1 spiro atoms. The number of nitrogens with one attached hydrogen (secondary N) is 1. The second kappa shape index (κ2) is 9.11. The molecule has 212 valence electrons. The number of carbonyl (C=O) groups excluding carboxylic acids is 3. The first-order chi connectivity index (χ1) is 18.4. The summed E-state index contributed by atoms with van der Waals surface area (Å²) in [4.78, 5) is 39.5. The minimum atomic E-state index is -3.66. The van der Waals surface area contributed by atoms with Gasteiger partial charge in [0.25, 0.3) is 5.91 Å². The summed E-state index contributed by atoms with van der Waals surface area (Å²) in [5.74, 6) is -1.45. The number of aliphatic hydroxyl groups excluding tert-OH is 1. The van der Waals surface area contributed by atoms with Crippen LogP contribution in [0.25, 0.3) is 0 Å². The lowest BCUT2D eigenvalue weighted by Gasteiger charge is -2.46. The molecule has 2 N–H and O–H groups in total. The molecule has 2 bridgehead atoms. The molecular formula is C29H39N3O6S. The SMILES string of the molecule is CC1(C)C2CCC1(CS(=O)(=O)N1CCC3(CCc4ccccc43)CC1)C(N1C(=O)CC(NC(=O)CO)C1=O)C2. The van der Waals surface area contributed by atoms with Gasteiger partial charge in [-0.3, -0.25) is 19.3 Å². The summed E-state index contributed by atoms with van der Waals surface area (Å²) in [6, 6.07) is 7.01. The fourth-order valence-corrected chi connectivity index (χ4v) is 11.2. The molecule has 1 aromatic carbocycles. The first kappa shape index (κ1) is 26.9. The fourth-order valence-electron chi connectivity index (χ4n) is 8.96. The Balaban J connectivity index is 1.24. The summed E-state index contributed by atoms with van der Waals surface area (Å²) in [7, 11) is -3.66. The second-order valence-electron chi connectivity index (χ2n) is 13.0. The molecule has 5 aliphatic rings. The Morgan fingerprint density at radius 1 is 1.10 bits per heavy atom. The summed E-state index contributed by atoms with van der Waals surface area (Å²) >= 11 is 0. The third kappa shape index (κ3) is 3.92. The maximum Gasteiger partial charge on any atom is 0.252 e. The van der Waals surface area contributed by atoms with Gasteiger partial charge in [0.2, 0.25) is 21.8 Å².